The Kier molecular flexibility index (Phi) is 5.30. The number of halogens is 2. The Hall–Kier alpha value is -3.40. The van der Waals surface area contributed by atoms with Gasteiger partial charge in [-0.05, 0) is 84.4 Å². The third kappa shape index (κ3) is 3.70. The highest BCUT2D eigenvalue weighted by Crippen LogP contribution is 2.39. The summed E-state index contributed by atoms with van der Waals surface area (Å²) in [6.45, 7) is 0.636. The minimum Gasteiger partial charge on any atom is -0.432 e. The van der Waals surface area contributed by atoms with Crippen LogP contribution in [0.2, 0.25) is 5.02 Å². The number of hydrogen-bond donors (Lipinski definition) is 1. The molecule has 3 aromatic carbocycles. The molecule has 0 bridgehead atoms. The van der Waals surface area contributed by atoms with Gasteiger partial charge < -0.3 is 14.6 Å². The monoisotopic (exact) mass is 461 g/mol. The van der Waals surface area contributed by atoms with Crippen molar-refractivity contribution >= 4 is 39.9 Å². The molecule has 0 aliphatic carbocycles. The number of rotatable bonds is 2. The van der Waals surface area contributed by atoms with Crippen LogP contribution in [0, 0.1) is 17.1 Å². The van der Waals surface area contributed by atoms with Gasteiger partial charge in [-0.1, -0.05) is 23.7 Å². The zero-order valence-corrected chi connectivity index (χ0v) is 18.4. The summed E-state index contributed by atoms with van der Waals surface area (Å²) in [4.78, 5) is 5.56. The van der Waals surface area contributed by atoms with Crippen LogP contribution in [-0.2, 0) is 6.42 Å². The SMILES string of the molecule is N#Cc1ccc(C2c3[nH]c4ccc(Cl)cc4c3CCN2C(=S)Oc2ccc(F)cc2)cc1. The van der Waals surface area contributed by atoms with Gasteiger partial charge in [-0.2, -0.15) is 5.26 Å². The van der Waals surface area contributed by atoms with Gasteiger partial charge in [0.25, 0.3) is 5.17 Å². The molecule has 0 amide bonds. The first kappa shape index (κ1) is 20.5. The van der Waals surface area contributed by atoms with Crippen molar-refractivity contribution in [2.24, 2.45) is 0 Å². The summed E-state index contributed by atoms with van der Waals surface area (Å²) in [5, 5.41) is 11.3. The van der Waals surface area contributed by atoms with E-state index in [1.807, 2.05) is 35.2 Å². The molecule has 5 rings (SSSR count). The molecule has 0 radical (unpaired) electrons. The summed E-state index contributed by atoms with van der Waals surface area (Å²) in [7, 11) is 0. The molecular formula is C25H17ClFN3OS. The number of hydrogen-bond acceptors (Lipinski definition) is 3. The van der Waals surface area contributed by atoms with Crippen molar-refractivity contribution < 1.29 is 9.13 Å². The second-order valence-electron chi connectivity index (χ2n) is 7.61. The third-order valence-electron chi connectivity index (χ3n) is 5.70. The molecule has 158 valence electrons. The minimum absolute atomic E-state index is 0.231. The zero-order chi connectivity index (χ0) is 22.2. The van der Waals surface area contributed by atoms with Crippen molar-refractivity contribution in [1.29, 1.82) is 5.26 Å². The number of nitrogens with zero attached hydrogens (tertiary/aromatic N) is 2. The summed E-state index contributed by atoms with van der Waals surface area (Å²) < 4.78 is 19.2. The van der Waals surface area contributed by atoms with E-state index < -0.39 is 0 Å². The standard InChI is InChI=1S/C25H17ClFN3OS/c26-17-5-10-22-21(13-17)20-11-12-30(25(32)31-19-8-6-18(27)7-9-19)24(23(20)29-22)16-3-1-15(14-28)2-4-16/h1-10,13,24,29H,11-12H2. The molecule has 4 aromatic rings. The molecule has 1 N–H and O–H groups in total. The Morgan fingerprint density at radius 2 is 1.88 bits per heavy atom. The van der Waals surface area contributed by atoms with Crippen molar-refractivity contribution in [3.63, 3.8) is 0 Å². The number of ether oxygens (including phenoxy) is 1. The van der Waals surface area contributed by atoms with Gasteiger partial charge in [0, 0.05) is 28.2 Å². The fourth-order valence-electron chi connectivity index (χ4n) is 4.21. The molecule has 0 fully saturated rings. The number of thiocarbonyl (C=S) groups is 1. The lowest BCUT2D eigenvalue weighted by Gasteiger charge is -2.37. The van der Waals surface area contributed by atoms with Crippen LogP contribution in [0.15, 0.2) is 66.7 Å². The van der Waals surface area contributed by atoms with Gasteiger partial charge in [0.2, 0.25) is 0 Å². The second kappa shape index (κ2) is 8.27. The van der Waals surface area contributed by atoms with Crippen LogP contribution >= 0.6 is 23.8 Å². The Labute approximate surface area is 194 Å². The molecule has 0 saturated carbocycles. The lowest BCUT2D eigenvalue weighted by Crippen LogP contribution is -2.42. The highest BCUT2D eigenvalue weighted by molar-refractivity contribution is 7.80. The average Bonchev–Trinajstić information content (AvgIpc) is 3.18. The molecule has 2 heterocycles. The topological polar surface area (TPSA) is 52.0 Å². The van der Waals surface area contributed by atoms with Gasteiger partial charge in [-0.15, -0.1) is 0 Å². The van der Waals surface area contributed by atoms with Crippen molar-refractivity contribution in [2.45, 2.75) is 12.5 Å². The van der Waals surface area contributed by atoms with Crippen LogP contribution in [0.25, 0.3) is 10.9 Å². The van der Waals surface area contributed by atoms with Crippen molar-refractivity contribution in [1.82, 2.24) is 9.88 Å². The molecule has 1 aromatic heterocycles. The quantitative estimate of drug-likeness (QED) is 0.364. The van der Waals surface area contributed by atoms with Crippen LogP contribution in [0.3, 0.4) is 0 Å². The fourth-order valence-corrected chi connectivity index (χ4v) is 4.67. The molecule has 1 unspecified atom stereocenters. The van der Waals surface area contributed by atoms with Crippen molar-refractivity contribution in [2.75, 3.05) is 6.54 Å². The van der Waals surface area contributed by atoms with Gasteiger partial charge >= 0.3 is 0 Å². The van der Waals surface area contributed by atoms with E-state index in [0.29, 0.717) is 28.1 Å². The van der Waals surface area contributed by atoms with E-state index in [1.54, 1.807) is 24.3 Å². The van der Waals surface area contributed by atoms with E-state index in [0.717, 1.165) is 28.6 Å². The lowest BCUT2D eigenvalue weighted by molar-refractivity contribution is 0.289. The molecule has 0 saturated heterocycles. The number of H-pyrrole nitrogens is 1. The first-order chi connectivity index (χ1) is 15.5. The normalized spacial score (nSPS) is 15.3. The Balaban J connectivity index is 1.58. The molecule has 7 heteroatoms. The van der Waals surface area contributed by atoms with Crippen LogP contribution in [0.1, 0.15) is 28.4 Å². The van der Waals surface area contributed by atoms with Gasteiger partial charge in [0.1, 0.15) is 11.6 Å². The fraction of sp³-hybridized carbons (Fsp3) is 0.120. The van der Waals surface area contributed by atoms with Crippen LogP contribution in [0.4, 0.5) is 4.39 Å². The maximum Gasteiger partial charge on any atom is 0.265 e. The van der Waals surface area contributed by atoms with E-state index >= 15 is 0 Å². The summed E-state index contributed by atoms with van der Waals surface area (Å²) in [6, 6.07) is 21.0. The highest BCUT2D eigenvalue weighted by atomic mass is 35.5. The van der Waals surface area contributed by atoms with E-state index in [2.05, 4.69) is 11.1 Å². The maximum absolute atomic E-state index is 13.3. The molecule has 1 atom stereocenters. The van der Waals surface area contributed by atoms with E-state index in [-0.39, 0.29) is 11.9 Å². The van der Waals surface area contributed by atoms with E-state index in [1.165, 1.54) is 17.7 Å². The predicted molar refractivity (Wildman–Crippen MR) is 126 cm³/mol. The Morgan fingerprint density at radius 3 is 2.59 bits per heavy atom. The molecular weight excluding hydrogens is 445 g/mol. The smallest absolute Gasteiger partial charge is 0.265 e. The first-order valence-corrected chi connectivity index (χ1v) is 10.9. The van der Waals surface area contributed by atoms with E-state index in [4.69, 9.17) is 28.6 Å². The molecule has 32 heavy (non-hydrogen) atoms. The number of aromatic amines is 1. The largest absolute Gasteiger partial charge is 0.432 e. The Bertz CT molecular complexity index is 1360. The van der Waals surface area contributed by atoms with Crippen LogP contribution in [0.5, 0.6) is 5.75 Å². The van der Waals surface area contributed by atoms with Crippen molar-refractivity contribution in [3.8, 4) is 11.8 Å². The summed E-state index contributed by atoms with van der Waals surface area (Å²) in [5.74, 6) is 0.141. The summed E-state index contributed by atoms with van der Waals surface area (Å²) >= 11 is 11.9. The van der Waals surface area contributed by atoms with Crippen LogP contribution < -0.4 is 4.74 Å². The predicted octanol–water partition coefficient (Wildman–Crippen LogP) is 6.14. The van der Waals surface area contributed by atoms with Gasteiger partial charge in [-0.3, -0.25) is 0 Å². The number of fused-ring (bicyclic) bond motifs is 3. The zero-order valence-electron chi connectivity index (χ0n) is 16.8. The molecule has 0 spiro atoms. The van der Waals surface area contributed by atoms with Gasteiger partial charge in [0.05, 0.1) is 17.7 Å². The minimum atomic E-state index is -0.335. The Morgan fingerprint density at radius 1 is 1.12 bits per heavy atom. The highest BCUT2D eigenvalue weighted by Gasteiger charge is 2.34. The molecule has 1 aliphatic rings. The summed E-state index contributed by atoms with van der Waals surface area (Å²) in [6.07, 6.45) is 0.759. The van der Waals surface area contributed by atoms with Gasteiger partial charge in [0.15, 0.2) is 0 Å². The number of nitrogens with one attached hydrogen (secondary N) is 1. The number of benzene rings is 3. The van der Waals surface area contributed by atoms with E-state index in [9.17, 15) is 9.65 Å². The van der Waals surface area contributed by atoms with Crippen molar-refractivity contribution in [3.05, 3.63) is 100.0 Å². The molecule has 4 nitrogen and oxygen atoms in total. The third-order valence-corrected chi connectivity index (χ3v) is 6.25. The first-order valence-electron chi connectivity index (χ1n) is 10.1. The second-order valence-corrected chi connectivity index (χ2v) is 8.39. The number of nitriles is 1. The van der Waals surface area contributed by atoms with Crippen LogP contribution in [-0.4, -0.2) is 21.6 Å². The maximum atomic E-state index is 13.3. The molecule has 1 aliphatic heterocycles. The van der Waals surface area contributed by atoms with Gasteiger partial charge in [-0.25, -0.2) is 4.39 Å². The lowest BCUT2D eigenvalue weighted by atomic mass is 9.92. The average molecular weight is 462 g/mol. The number of aromatic nitrogens is 1. The summed E-state index contributed by atoms with van der Waals surface area (Å²) in [5.41, 5.74) is 4.78.